The molecule has 0 aromatic heterocycles. The van der Waals surface area contributed by atoms with Crippen LogP contribution < -0.4 is 0 Å². The highest BCUT2D eigenvalue weighted by Crippen LogP contribution is 2.43. The van der Waals surface area contributed by atoms with Gasteiger partial charge in [0.2, 0.25) is 0 Å². The lowest BCUT2D eigenvalue weighted by molar-refractivity contribution is -0.161. The van der Waals surface area contributed by atoms with Crippen molar-refractivity contribution in [2.45, 2.75) is 264 Å². The van der Waals surface area contributed by atoms with E-state index in [1.54, 1.807) is 0 Å². The van der Waals surface area contributed by atoms with Gasteiger partial charge in [0.25, 0.3) is 0 Å². The fourth-order valence-corrected chi connectivity index (χ4v) is 8.92. The molecule has 0 rings (SSSR count). The summed E-state index contributed by atoms with van der Waals surface area (Å²) in [7, 11) is -4.77. The van der Waals surface area contributed by atoms with Gasteiger partial charge in [0, 0.05) is 19.3 Å². The largest absolute Gasteiger partial charge is 0.472 e. The van der Waals surface area contributed by atoms with Gasteiger partial charge in [-0.05, 0) is 128 Å². The number of aliphatic hydroxyl groups excluding tert-OH is 1. The number of hydrogen-bond acceptors (Lipinski definition) is 10. The first-order chi connectivity index (χ1) is 39.2. The number of allylic oxidation sites excluding steroid dienone is 20. The maximum Gasteiger partial charge on any atom is 0.472 e. The lowest BCUT2D eigenvalue weighted by atomic mass is 10.1. The number of unbranched alkanes of at least 4 members (excludes halogenated alkanes) is 20. The average Bonchev–Trinajstić information content (AvgIpc) is 3.45. The molecule has 0 aliphatic carbocycles. The molecule has 0 radical (unpaired) electrons. The van der Waals surface area contributed by atoms with Crippen LogP contribution in [0.4, 0.5) is 0 Å². The fraction of sp³-hybridized carbons (Fsp3) is 0.662. The number of hydrogen-bond donors (Lipinski definition) is 2. The third-order valence-corrected chi connectivity index (χ3v) is 13.8. The van der Waals surface area contributed by atoms with Gasteiger partial charge in [0.15, 0.2) is 6.10 Å². The van der Waals surface area contributed by atoms with Crippen LogP contribution in [0.15, 0.2) is 122 Å². The summed E-state index contributed by atoms with van der Waals surface area (Å²) in [5.74, 6) is -1.53. The number of phosphoric acid groups is 1. The fourth-order valence-electron chi connectivity index (χ4n) is 8.13. The SMILES string of the molecule is CC/C=C\C/C=C\C/C=C\C/C=C\C/C=C\CCCCCC(=O)OCC(COP(=O)(O)OCC(CO)OC(=O)CCCCCCCCC/C=C\C/C=C\CCCCC)OC(=O)CCCCCCCCC/C=C\C/C=C\C/C=C\CC. The van der Waals surface area contributed by atoms with Crippen molar-refractivity contribution >= 4 is 25.7 Å². The van der Waals surface area contributed by atoms with Crippen LogP contribution in [0, 0.1) is 0 Å². The molecule has 11 nitrogen and oxygen atoms in total. The average molecular weight is 1140 g/mol. The minimum atomic E-state index is -4.77. The Morgan fingerprint density at radius 3 is 1.01 bits per heavy atom. The molecule has 0 aromatic carbocycles. The monoisotopic (exact) mass is 1140 g/mol. The van der Waals surface area contributed by atoms with E-state index in [0.717, 1.165) is 154 Å². The van der Waals surface area contributed by atoms with E-state index in [-0.39, 0.29) is 25.9 Å². The van der Waals surface area contributed by atoms with E-state index in [4.69, 9.17) is 23.3 Å². The number of aliphatic hydroxyl groups is 1. The summed E-state index contributed by atoms with van der Waals surface area (Å²) in [5.41, 5.74) is 0. The van der Waals surface area contributed by atoms with Gasteiger partial charge in [0.1, 0.15) is 12.7 Å². The molecule has 80 heavy (non-hydrogen) atoms. The van der Waals surface area contributed by atoms with Crippen molar-refractivity contribution in [3.05, 3.63) is 122 Å². The second-order valence-electron chi connectivity index (χ2n) is 20.5. The maximum atomic E-state index is 13.0. The van der Waals surface area contributed by atoms with Crippen molar-refractivity contribution < 1.29 is 52.2 Å². The minimum absolute atomic E-state index is 0.142. The minimum Gasteiger partial charge on any atom is -0.462 e. The Bertz CT molecular complexity index is 1800. The highest BCUT2D eigenvalue weighted by molar-refractivity contribution is 7.47. The van der Waals surface area contributed by atoms with E-state index in [9.17, 15) is 28.9 Å². The smallest absolute Gasteiger partial charge is 0.462 e. The summed E-state index contributed by atoms with van der Waals surface area (Å²) in [4.78, 5) is 48.7. The molecule has 0 saturated heterocycles. The molecule has 0 spiro atoms. The van der Waals surface area contributed by atoms with Crippen LogP contribution in [-0.2, 0) is 42.2 Å². The number of esters is 3. The van der Waals surface area contributed by atoms with Crippen molar-refractivity contribution in [2.75, 3.05) is 26.4 Å². The summed E-state index contributed by atoms with van der Waals surface area (Å²) in [5, 5.41) is 9.85. The van der Waals surface area contributed by atoms with E-state index < -0.39 is 57.8 Å². The predicted octanol–water partition coefficient (Wildman–Crippen LogP) is 19.1. The van der Waals surface area contributed by atoms with Gasteiger partial charge in [-0.3, -0.25) is 23.4 Å². The first-order valence-electron chi connectivity index (χ1n) is 31.4. The summed E-state index contributed by atoms with van der Waals surface area (Å²) in [6, 6.07) is 0. The van der Waals surface area contributed by atoms with Gasteiger partial charge in [0.05, 0.1) is 19.8 Å². The zero-order valence-corrected chi connectivity index (χ0v) is 51.4. The summed E-state index contributed by atoms with van der Waals surface area (Å²) >= 11 is 0. The van der Waals surface area contributed by atoms with Gasteiger partial charge < -0.3 is 24.2 Å². The Morgan fingerprint density at radius 2 is 0.650 bits per heavy atom. The first kappa shape index (κ1) is 75.9. The zero-order valence-electron chi connectivity index (χ0n) is 50.5. The van der Waals surface area contributed by atoms with Gasteiger partial charge in [-0.2, -0.15) is 0 Å². The number of rotatable bonds is 57. The number of phosphoric ester groups is 1. The molecule has 12 heteroatoms. The molecule has 3 unspecified atom stereocenters. The van der Waals surface area contributed by atoms with Crippen LogP contribution >= 0.6 is 7.82 Å². The van der Waals surface area contributed by atoms with Crippen molar-refractivity contribution in [2.24, 2.45) is 0 Å². The molecule has 0 saturated carbocycles. The highest BCUT2D eigenvalue weighted by atomic mass is 31.2. The topological polar surface area (TPSA) is 155 Å². The molecule has 0 fully saturated rings. The van der Waals surface area contributed by atoms with Crippen LogP contribution in [-0.4, -0.2) is 66.5 Å². The Labute approximate surface area is 487 Å². The molecule has 456 valence electrons. The maximum absolute atomic E-state index is 13.0. The lowest BCUT2D eigenvalue weighted by Crippen LogP contribution is -2.30. The summed E-state index contributed by atoms with van der Waals surface area (Å²) in [6.45, 7) is 4.35. The van der Waals surface area contributed by atoms with Crippen LogP contribution in [0.2, 0.25) is 0 Å². The third-order valence-electron chi connectivity index (χ3n) is 12.8. The zero-order chi connectivity index (χ0) is 58.3. The van der Waals surface area contributed by atoms with Crippen molar-refractivity contribution in [3.63, 3.8) is 0 Å². The quantitative estimate of drug-likeness (QED) is 0.0197. The Hall–Kier alpha value is -4.12. The standard InChI is InChI=1S/C68H113O11P/c1-4-7-10-13-16-19-22-25-28-31-32-35-36-39-42-45-48-51-54-57-66(70)75-61-65(79-68(72)59-56-53-50-47-44-41-38-34-30-27-24-21-18-15-12-9-6-3)63-77-80(73,74)76-62-64(60-69)78-67(71)58-55-52-49-46-43-40-37-33-29-26-23-20-17-14-11-8-5-2/h7,9-10,12,16-21,25-30,32,35,39,42,64-65,69H,4-6,8,11,13-15,22-24,31,33-34,36-38,40-41,43-63H2,1-3H3,(H,73,74)/b10-7-,12-9-,19-16-,20-17-,21-18-,28-25-,29-26-,30-27-,35-32-,42-39-. The second kappa shape index (κ2) is 61.0. The molecular weight excluding hydrogens is 1020 g/mol. The number of ether oxygens (including phenoxy) is 3. The molecule has 0 aromatic rings. The molecule has 0 aliphatic heterocycles. The first-order valence-corrected chi connectivity index (χ1v) is 32.9. The van der Waals surface area contributed by atoms with Crippen LogP contribution in [0.5, 0.6) is 0 Å². The summed E-state index contributed by atoms with van der Waals surface area (Å²) < 4.78 is 39.6. The van der Waals surface area contributed by atoms with Gasteiger partial charge in [-0.1, -0.05) is 226 Å². The van der Waals surface area contributed by atoms with Gasteiger partial charge >= 0.3 is 25.7 Å². The Kier molecular flexibility index (Phi) is 57.8. The Morgan fingerprint density at radius 1 is 0.362 bits per heavy atom. The molecule has 0 bridgehead atoms. The number of carbonyl (C=O) groups is 3. The van der Waals surface area contributed by atoms with Gasteiger partial charge in [-0.25, -0.2) is 4.57 Å². The van der Waals surface area contributed by atoms with E-state index in [1.165, 1.54) is 38.5 Å². The van der Waals surface area contributed by atoms with Crippen molar-refractivity contribution in [1.82, 2.24) is 0 Å². The normalized spacial score (nSPS) is 14.1. The van der Waals surface area contributed by atoms with Crippen LogP contribution in [0.1, 0.15) is 252 Å². The second-order valence-corrected chi connectivity index (χ2v) is 21.9. The predicted molar refractivity (Wildman–Crippen MR) is 334 cm³/mol. The third kappa shape index (κ3) is 58.5. The number of carbonyl (C=O) groups excluding carboxylic acids is 3. The van der Waals surface area contributed by atoms with Crippen LogP contribution in [0.25, 0.3) is 0 Å². The molecular formula is C68H113O11P. The molecule has 0 heterocycles. The van der Waals surface area contributed by atoms with Crippen molar-refractivity contribution in [1.29, 1.82) is 0 Å². The van der Waals surface area contributed by atoms with Crippen LogP contribution in [0.3, 0.4) is 0 Å². The molecule has 0 amide bonds. The lowest BCUT2D eigenvalue weighted by Gasteiger charge is -2.21. The molecule has 3 atom stereocenters. The van der Waals surface area contributed by atoms with E-state index >= 15 is 0 Å². The van der Waals surface area contributed by atoms with Gasteiger partial charge in [-0.15, -0.1) is 0 Å². The molecule has 0 aliphatic rings. The molecule has 2 N–H and O–H groups in total. The van der Waals surface area contributed by atoms with E-state index in [2.05, 4.69) is 142 Å². The summed E-state index contributed by atoms with van der Waals surface area (Å²) in [6.07, 6.45) is 75.7. The highest BCUT2D eigenvalue weighted by Gasteiger charge is 2.28. The van der Waals surface area contributed by atoms with Crippen molar-refractivity contribution in [3.8, 4) is 0 Å². The Balaban J connectivity index is 4.79. The van der Waals surface area contributed by atoms with E-state index in [0.29, 0.717) is 19.3 Å². The van der Waals surface area contributed by atoms with E-state index in [1.807, 2.05) is 0 Å².